The number of benzene rings is 1. The van der Waals surface area contributed by atoms with E-state index < -0.39 is 41.6 Å². The molecule has 1 heterocycles. The van der Waals surface area contributed by atoms with Crippen LogP contribution in [0.4, 0.5) is 4.79 Å². The molecule has 4 atom stereocenters. The second-order valence-corrected chi connectivity index (χ2v) is 10.7. The van der Waals surface area contributed by atoms with Crippen molar-refractivity contribution in [2.45, 2.75) is 71.2 Å². The number of ketones is 1. The minimum absolute atomic E-state index is 0.0387. The summed E-state index contributed by atoms with van der Waals surface area (Å²) in [5, 5.41) is 10.7. The maximum atomic E-state index is 13.1. The van der Waals surface area contributed by atoms with Crippen LogP contribution in [-0.4, -0.2) is 53.8 Å². The molecule has 192 valence electrons. The van der Waals surface area contributed by atoms with Gasteiger partial charge in [-0.05, 0) is 51.4 Å². The minimum atomic E-state index is -0.920. The van der Waals surface area contributed by atoms with Crippen LogP contribution >= 0.6 is 8.58 Å². The van der Waals surface area contributed by atoms with Gasteiger partial charge >= 0.3 is 0 Å². The Morgan fingerprint density at radius 3 is 2.34 bits per heavy atom. The van der Waals surface area contributed by atoms with E-state index in [0.29, 0.717) is 32.0 Å². The van der Waals surface area contributed by atoms with Crippen LogP contribution in [-0.2, 0) is 25.3 Å². The fraction of sp³-hybridized carbons (Fsp3) is 0.560. The van der Waals surface area contributed by atoms with Gasteiger partial charge in [0.05, 0.1) is 6.04 Å². The molecule has 0 spiro atoms. The first-order chi connectivity index (χ1) is 16.6. The van der Waals surface area contributed by atoms with Gasteiger partial charge in [0.25, 0.3) is 5.91 Å². The standard InChI is InChI=1S/C25H37N4O5P/c1-15(2)13-19(22(31)27-18-11-8-12-26-24(33)21(18)30)28-23(32)20(16(3)4)29-25(34)35-14-17-9-6-5-7-10-17/h5-7,9-10,15-16,18-20,35H,8,11-14H2,1-4H3,(H,26,33)(H,27,31)(H,28,32)(H,29,34). The predicted molar refractivity (Wildman–Crippen MR) is 136 cm³/mol. The van der Waals surface area contributed by atoms with Crippen molar-refractivity contribution < 1.29 is 24.0 Å². The third-order valence-corrected chi connectivity index (χ3v) is 6.73. The fourth-order valence-electron chi connectivity index (χ4n) is 3.76. The summed E-state index contributed by atoms with van der Waals surface area (Å²) in [4.78, 5) is 62.8. The van der Waals surface area contributed by atoms with Crippen LogP contribution in [0.3, 0.4) is 0 Å². The topological polar surface area (TPSA) is 133 Å². The lowest BCUT2D eigenvalue weighted by Crippen LogP contribution is -2.57. The summed E-state index contributed by atoms with van der Waals surface area (Å²) < 4.78 is 0. The van der Waals surface area contributed by atoms with E-state index in [0.717, 1.165) is 5.56 Å². The Morgan fingerprint density at radius 1 is 1.03 bits per heavy atom. The predicted octanol–water partition coefficient (Wildman–Crippen LogP) is 2.09. The van der Waals surface area contributed by atoms with E-state index in [9.17, 15) is 24.0 Å². The van der Waals surface area contributed by atoms with Crippen molar-refractivity contribution in [3.05, 3.63) is 35.9 Å². The highest BCUT2D eigenvalue weighted by Crippen LogP contribution is 2.20. The molecule has 0 aliphatic carbocycles. The Labute approximate surface area is 208 Å². The lowest BCUT2D eigenvalue weighted by atomic mass is 9.99. The van der Waals surface area contributed by atoms with Gasteiger partial charge in [-0.3, -0.25) is 24.0 Å². The molecule has 1 fully saturated rings. The average Bonchev–Trinajstić information content (AvgIpc) is 2.96. The Kier molecular flexibility index (Phi) is 11.3. The van der Waals surface area contributed by atoms with Crippen molar-refractivity contribution in [2.24, 2.45) is 11.8 Å². The molecular formula is C25H37N4O5P. The molecule has 1 aliphatic heterocycles. The Hall–Kier alpha value is -2.80. The number of Topliss-reactive ketones (excluding diaryl/α,β-unsaturated/α-hetero) is 1. The molecule has 1 aromatic carbocycles. The smallest absolute Gasteiger partial charge is 0.289 e. The summed E-state index contributed by atoms with van der Waals surface area (Å²) in [7, 11) is -0.0387. The largest absolute Gasteiger partial charge is 0.349 e. The third kappa shape index (κ3) is 9.40. The summed E-state index contributed by atoms with van der Waals surface area (Å²) in [6, 6.07) is 7.01. The number of nitrogens with one attached hydrogen (secondary N) is 4. The quantitative estimate of drug-likeness (QED) is 0.271. The summed E-state index contributed by atoms with van der Waals surface area (Å²) in [6.07, 6.45) is 1.84. The molecular weight excluding hydrogens is 467 g/mol. The molecule has 4 N–H and O–H groups in total. The molecule has 2 rings (SSSR count). The molecule has 4 amide bonds. The van der Waals surface area contributed by atoms with E-state index >= 15 is 0 Å². The zero-order chi connectivity index (χ0) is 26.0. The maximum absolute atomic E-state index is 13.1. The Balaban J connectivity index is 2.02. The van der Waals surface area contributed by atoms with E-state index in [1.165, 1.54) is 0 Å². The number of hydrogen-bond donors (Lipinski definition) is 4. The van der Waals surface area contributed by atoms with Gasteiger partial charge in [0.2, 0.25) is 23.2 Å². The van der Waals surface area contributed by atoms with E-state index in [1.54, 1.807) is 0 Å². The summed E-state index contributed by atoms with van der Waals surface area (Å²) in [6.45, 7) is 7.87. The highest BCUT2D eigenvalue weighted by Gasteiger charge is 2.33. The second-order valence-electron chi connectivity index (χ2n) is 9.55. The average molecular weight is 505 g/mol. The molecule has 4 unspecified atom stereocenters. The van der Waals surface area contributed by atoms with Gasteiger partial charge in [0.1, 0.15) is 12.1 Å². The monoisotopic (exact) mass is 504 g/mol. The lowest BCUT2D eigenvalue weighted by molar-refractivity contribution is -0.140. The van der Waals surface area contributed by atoms with Gasteiger partial charge in [-0.25, -0.2) is 0 Å². The van der Waals surface area contributed by atoms with E-state index in [2.05, 4.69) is 21.3 Å². The SMILES string of the molecule is CC(C)CC(NC(=O)C(NC(=O)PCc1ccccc1)C(C)C)C(=O)NC1CCCNC(=O)C1=O. The van der Waals surface area contributed by atoms with Crippen LogP contribution in [0.2, 0.25) is 0 Å². The normalized spacial score (nSPS) is 18.2. The minimum Gasteiger partial charge on any atom is -0.349 e. The molecule has 1 saturated heterocycles. The zero-order valence-electron chi connectivity index (χ0n) is 20.9. The van der Waals surface area contributed by atoms with Crippen LogP contribution in [0.5, 0.6) is 0 Å². The Morgan fingerprint density at radius 2 is 1.71 bits per heavy atom. The van der Waals surface area contributed by atoms with Crippen molar-refractivity contribution in [1.29, 1.82) is 0 Å². The summed E-state index contributed by atoms with van der Waals surface area (Å²) in [5.74, 6) is -2.48. The van der Waals surface area contributed by atoms with Gasteiger partial charge in [-0.2, -0.15) is 0 Å². The number of carbonyl (C=O) groups excluding carboxylic acids is 5. The summed E-state index contributed by atoms with van der Waals surface area (Å²) in [5.41, 5.74) is 0.824. The molecule has 35 heavy (non-hydrogen) atoms. The van der Waals surface area contributed by atoms with E-state index in [1.807, 2.05) is 58.0 Å². The molecule has 1 aromatic rings. The lowest BCUT2D eigenvalue weighted by Gasteiger charge is -2.27. The number of amides is 4. The number of carbonyl (C=O) groups is 5. The molecule has 10 heteroatoms. The van der Waals surface area contributed by atoms with Crippen LogP contribution in [0.25, 0.3) is 0 Å². The molecule has 9 nitrogen and oxygen atoms in total. The summed E-state index contributed by atoms with van der Waals surface area (Å²) >= 11 is 0. The molecule has 0 radical (unpaired) electrons. The Bertz CT molecular complexity index is 906. The molecule has 0 saturated carbocycles. The van der Waals surface area contributed by atoms with Crippen molar-refractivity contribution >= 4 is 37.7 Å². The van der Waals surface area contributed by atoms with Crippen molar-refractivity contribution in [2.75, 3.05) is 6.54 Å². The van der Waals surface area contributed by atoms with Crippen molar-refractivity contribution in [1.82, 2.24) is 21.3 Å². The van der Waals surface area contributed by atoms with Crippen LogP contribution in [0.15, 0.2) is 30.3 Å². The van der Waals surface area contributed by atoms with Crippen LogP contribution < -0.4 is 21.3 Å². The zero-order valence-corrected chi connectivity index (χ0v) is 21.9. The van der Waals surface area contributed by atoms with E-state index in [4.69, 9.17) is 0 Å². The van der Waals surface area contributed by atoms with Crippen LogP contribution in [0, 0.1) is 11.8 Å². The highest BCUT2D eigenvalue weighted by molar-refractivity contribution is 7.56. The number of rotatable bonds is 11. The first-order valence-electron chi connectivity index (χ1n) is 12.1. The van der Waals surface area contributed by atoms with Gasteiger partial charge in [0, 0.05) is 6.54 Å². The van der Waals surface area contributed by atoms with E-state index in [-0.39, 0.29) is 26.1 Å². The highest BCUT2D eigenvalue weighted by atomic mass is 31.1. The van der Waals surface area contributed by atoms with Gasteiger partial charge < -0.3 is 21.3 Å². The van der Waals surface area contributed by atoms with Crippen molar-refractivity contribution in [3.63, 3.8) is 0 Å². The molecule has 1 aliphatic rings. The fourth-order valence-corrected chi connectivity index (χ4v) is 4.62. The first kappa shape index (κ1) is 28.4. The second kappa shape index (κ2) is 13.9. The third-order valence-electron chi connectivity index (χ3n) is 5.68. The van der Waals surface area contributed by atoms with Gasteiger partial charge in [-0.15, -0.1) is 0 Å². The maximum Gasteiger partial charge on any atom is 0.289 e. The number of hydrogen-bond acceptors (Lipinski definition) is 5. The van der Waals surface area contributed by atoms with Gasteiger partial charge in [-0.1, -0.05) is 58.0 Å². The molecule has 0 bridgehead atoms. The van der Waals surface area contributed by atoms with Gasteiger partial charge in [0.15, 0.2) is 0 Å². The van der Waals surface area contributed by atoms with Crippen molar-refractivity contribution in [3.8, 4) is 0 Å². The van der Waals surface area contributed by atoms with Crippen LogP contribution in [0.1, 0.15) is 52.5 Å². The first-order valence-corrected chi connectivity index (χ1v) is 13.3. The molecule has 0 aromatic heterocycles.